The lowest BCUT2D eigenvalue weighted by Crippen LogP contribution is -1.87. The molecule has 10 heavy (non-hydrogen) atoms. The first-order chi connectivity index (χ1) is 3.80. The van der Waals surface area contributed by atoms with Crippen LogP contribution >= 0.6 is 36.4 Å². The average molecular weight is 201 g/mol. The molecule has 2 nitrogen and oxygen atoms in total. The van der Waals surface area contributed by atoms with E-state index in [2.05, 4.69) is 4.98 Å². The summed E-state index contributed by atoms with van der Waals surface area (Å²) in [6.07, 6.45) is 1.60. The Labute approximate surface area is 76.6 Å². The van der Waals surface area contributed by atoms with Gasteiger partial charge in [-0.25, -0.2) is 4.98 Å². The Bertz CT molecular complexity index is 171. The summed E-state index contributed by atoms with van der Waals surface area (Å²) in [4.78, 5) is 3.72. The molecule has 1 aromatic heterocycles. The fourth-order valence-electron chi connectivity index (χ4n) is 0.398. The molecule has 0 aromatic carbocycles. The number of nitrogen functional groups attached to an aromatic ring is 1. The highest BCUT2D eigenvalue weighted by atomic mass is 35.5. The second-order valence-corrected chi connectivity index (χ2v) is 1.78. The molecular weight excluding hydrogens is 194 g/mol. The summed E-state index contributed by atoms with van der Waals surface area (Å²) < 4.78 is 0. The van der Waals surface area contributed by atoms with Gasteiger partial charge >= 0.3 is 0 Å². The molecular formula is C5H7Cl3N2. The van der Waals surface area contributed by atoms with E-state index >= 15 is 0 Å². The molecule has 1 rings (SSSR count). The highest BCUT2D eigenvalue weighted by Gasteiger charge is 1.89. The second kappa shape index (κ2) is 5.59. The Kier molecular flexibility index (Phi) is 6.99. The minimum Gasteiger partial charge on any atom is -0.382 e. The Morgan fingerprint density at radius 3 is 2.30 bits per heavy atom. The molecule has 1 heterocycles. The van der Waals surface area contributed by atoms with E-state index in [1.54, 1.807) is 18.3 Å². The Morgan fingerprint density at radius 2 is 2.00 bits per heavy atom. The quantitative estimate of drug-likeness (QED) is 0.699. The molecule has 0 spiro atoms. The Morgan fingerprint density at radius 1 is 1.40 bits per heavy atom. The number of rotatable bonds is 0. The maximum atomic E-state index is 5.52. The van der Waals surface area contributed by atoms with Crippen molar-refractivity contribution in [3.8, 4) is 0 Å². The van der Waals surface area contributed by atoms with Crippen molar-refractivity contribution in [2.45, 2.75) is 0 Å². The first-order valence-corrected chi connectivity index (χ1v) is 2.54. The summed E-state index contributed by atoms with van der Waals surface area (Å²) in [5.41, 5.74) is 5.28. The number of hydrogen-bond acceptors (Lipinski definition) is 2. The SMILES string of the molecule is Cl.Cl.Nc1ncccc1Cl. The van der Waals surface area contributed by atoms with Crippen LogP contribution in [0.25, 0.3) is 0 Å². The molecule has 0 atom stereocenters. The van der Waals surface area contributed by atoms with Crippen LogP contribution in [0, 0.1) is 0 Å². The Balaban J connectivity index is 0. The van der Waals surface area contributed by atoms with E-state index in [0.717, 1.165) is 0 Å². The predicted molar refractivity (Wildman–Crippen MR) is 48.2 cm³/mol. The first kappa shape index (κ1) is 12.5. The van der Waals surface area contributed by atoms with Gasteiger partial charge in [0, 0.05) is 6.20 Å². The van der Waals surface area contributed by atoms with Gasteiger partial charge in [0.25, 0.3) is 0 Å². The van der Waals surface area contributed by atoms with Crippen LogP contribution in [0.3, 0.4) is 0 Å². The molecule has 58 valence electrons. The van der Waals surface area contributed by atoms with Crippen LogP contribution in [0.1, 0.15) is 0 Å². The molecule has 2 N–H and O–H groups in total. The molecule has 0 fully saturated rings. The predicted octanol–water partition coefficient (Wildman–Crippen LogP) is 2.16. The van der Waals surface area contributed by atoms with Gasteiger partial charge in [-0.05, 0) is 12.1 Å². The maximum Gasteiger partial charge on any atom is 0.142 e. The zero-order chi connectivity index (χ0) is 5.98. The summed E-state index contributed by atoms with van der Waals surface area (Å²) in [6, 6.07) is 3.43. The van der Waals surface area contributed by atoms with E-state index in [1.165, 1.54) is 0 Å². The molecule has 0 unspecified atom stereocenters. The molecule has 0 aliphatic rings. The molecule has 5 heteroatoms. The van der Waals surface area contributed by atoms with Crippen molar-refractivity contribution in [1.29, 1.82) is 0 Å². The molecule has 0 saturated heterocycles. The van der Waals surface area contributed by atoms with Gasteiger partial charge in [-0.2, -0.15) is 0 Å². The number of pyridine rings is 1. The summed E-state index contributed by atoms with van der Waals surface area (Å²) in [7, 11) is 0. The van der Waals surface area contributed by atoms with Gasteiger partial charge in [0.05, 0.1) is 5.02 Å². The number of aromatic nitrogens is 1. The van der Waals surface area contributed by atoms with Gasteiger partial charge in [-0.15, -0.1) is 24.8 Å². The van der Waals surface area contributed by atoms with Crippen molar-refractivity contribution in [3.05, 3.63) is 23.4 Å². The Hall–Kier alpha value is -0.180. The highest BCUT2D eigenvalue weighted by molar-refractivity contribution is 6.32. The molecule has 0 radical (unpaired) electrons. The lowest BCUT2D eigenvalue weighted by molar-refractivity contribution is 1.34. The van der Waals surface area contributed by atoms with Crippen LogP contribution in [-0.4, -0.2) is 4.98 Å². The van der Waals surface area contributed by atoms with Gasteiger partial charge in [0.15, 0.2) is 0 Å². The lowest BCUT2D eigenvalue weighted by Gasteiger charge is -1.90. The van der Waals surface area contributed by atoms with Gasteiger partial charge in [0.1, 0.15) is 5.82 Å². The highest BCUT2D eigenvalue weighted by Crippen LogP contribution is 2.12. The van der Waals surface area contributed by atoms with Crippen LogP contribution < -0.4 is 5.73 Å². The monoisotopic (exact) mass is 200 g/mol. The molecule has 0 aliphatic carbocycles. The average Bonchev–Trinajstić information content (AvgIpc) is 1.77. The van der Waals surface area contributed by atoms with E-state index in [9.17, 15) is 0 Å². The maximum absolute atomic E-state index is 5.52. The third-order valence-corrected chi connectivity index (χ3v) is 1.11. The smallest absolute Gasteiger partial charge is 0.142 e. The fraction of sp³-hybridized carbons (Fsp3) is 0. The number of halogens is 3. The van der Waals surface area contributed by atoms with E-state index in [0.29, 0.717) is 10.8 Å². The standard InChI is InChI=1S/C5H5ClN2.2ClH/c6-4-2-1-3-8-5(4)7;;/h1-3H,(H2,7,8);2*1H. The minimum absolute atomic E-state index is 0. The van der Waals surface area contributed by atoms with Crippen LogP contribution in [0.2, 0.25) is 5.02 Å². The molecule has 0 bridgehead atoms. The zero-order valence-corrected chi connectivity index (χ0v) is 7.34. The summed E-state index contributed by atoms with van der Waals surface area (Å²) in [5, 5.41) is 0.507. The zero-order valence-electron chi connectivity index (χ0n) is 4.95. The van der Waals surface area contributed by atoms with Gasteiger partial charge in [-0.3, -0.25) is 0 Å². The van der Waals surface area contributed by atoms with Crippen molar-refractivity contribution in [2.75, 3.05) is 5.73 Å². The van der Waals surface area contributed by atoms with Crippen molar-refractivity contribution in [2.24, 2.45) is 0 Å². The van der Waals surface area contributed by atoms with E-state index in [1.807, 2.05) is 0 Å². The van der Waals surface area contributed by atoms with Crippen molar-refractivity contribution in [1.82, 2.24) is 4.98 Å². The van der Waals surface area contributed by atoms with E-state index in [4.69, 9.17) is 17.3 Å². The van der Waals surface area contributed by atoms with Crippen LogP contribution in [-0.2, 0) is 0 Å². The molecule has 0 saturated carbocycles. The van der Waals surface area contributed by atoms with Crippen molar-refractivity contribution in [3.63, 3.8) is 0 Å². The minimum atomic E-state index is 0. The number of nitrogens with two attached hydrogens (primary N) is 1. The topological polar surface area (TPSA) is 38.9 Å². The molecule has 1 aromatic rings. The molecule has 0 aliphatic heterocycles. The third-order valence-electron chi connectivity index (χ3n) is 0.787. The largest absolute Gasteiger partial charge is 0.382 e. The summed E-state index contributed by atoms with van der Waals surface area (Å²) in [6.45, 7) is 0. The number of hydrogen-bond donors (Lipinski definition) is 1. The van der Waals surface area contributed by atoms with Crippen LogP contribution in [0.4, 0.5) is 5.82 Å². The number of nitrogens with zero attached hydrogens (tertiary/aromatic N) is 1. The number of anilines is 1. The molecule has 0 amide bonds. The summed E-state index contributed by atoms with van der Waals surface area (Å²) in [5.74, 6) is 0.383. The van der Waals surface area contributed by atoms with E-state index in [-0.39, 0.29) is 24.8 Å². The van der Waals surface area contributed by atoms with Gasteiger partial charge in [-0.1, -0.05) is 11.6 Å². The first-order valence-electron chi connectivity index (χ1n) is 2.16. The van der Waals surface area contributed by atoms with Gasteiger partial charge < -0.3 is 5.73 Å². The second-order valence-electron chi connectivity index (χ2n) is 1.37. The van der Waals surface area contributed by atoms with Gasteiger partial charge in [0.2, 0.25) is 0 Å². The van der Waals surface area contributed by atoms with Crippen molar-refractivity contribution < 1.29 is 0 Å². The lowest BCUT2D eigenvalue weighted by atomic mass is 10.5. The van der Waals surface area contributed by atoms with Crippen LogP contribution in [0.15, 0.2) is 18.3 Å². The third kappa shape index (κ3) is 3.11. The van der Waals surface area contributed by atoms with Crippen molar-refractivity contribution >= 4 is 42.2 Å². The normalized spacial score (nSPS) is 7.30. The summed E-state index contributed by atoms with van der Waals surface area (Å²) >= 11 is 5.52. The van der Waals surface area contributed by atoms with Crippen LogP contribution in [0.5, 0.6) is 0 Å². The fourth-order valence-corrected chi connectivity index (χ4v) is 0.519. The van der Waals surface area contributed by atoms with E-state index < -0.39 is 0 Å².